The number of aliphatic hydroxyl groups is 1. The van der Waals surface area contributed by atoms with Gasteiger partial charge in [0.05, 0.1) is 0 Å². The number of hydrogen-bond acceptors (Lipinski definition) is 2. The summed E-state index contributed by atoms with van der Waals surface area (Å²) in [6.45, 7) is 6.14. The van der Waals surface area contributed by atoms with E-state index >= 15 is 0 Å². The monoisotopic (exact) mass is 171 g/mol. The fraction of sp³-hybridized carbons (Fsp3) is 0.900. The van der Waals surface area contributed by atoms with E-state index < -0.39 is 5.79 Å². The van der Waals surface area contributed by atoms with Gasteiger partial charge in [-0.05, 0) is 19.8 Å². The lowest BCUT2D eigenvalue weighted by atomic mass is 9.84. The molecule has 1 fully saturated rings. The largest absolute Gasteiger partial charge is 0.365 e. The highest BCUT2D eigenvalue weighted by molar-refractivity contribution is 4.82. The second kappa shape index (κ2) is 4.24. The number of hydrogen-bond donors (Lipinski definition) is 1. The van der Waals surface area contributed by atoms with Crippen molar-refractivity contribution in [1.82, 2.24) is 0 Å². The summed E-state index contributed by atoms with van der Waals surface area (Å²) < 4.78 is 5.21. The summed E-state index contributed by atoms with van der Waals surface area (Å²) in [4.78, 5) is 0. The van der Waals surface area contributed by atoms with E-state index in [-0.39, 0.29) is 5.92 Å². The summed E-state index contributed by atoms with van der Waals surface area (Å²) >= 11 is 0. The van der Waals surface area contributed by atoms with Gasteiger partial charge in [-0.25, -0.2) is 0 Å². The summed E-state index contributed by atoms with van der Waals surface area (Å²) in [5.74, 6) is -0.888. The van der Waals surface area contributed by atoms with Gasteiger partial charge in [0.15, 0.2) is 5.79 Å². The summed E-state index contributed by atoms with van der Waals surface area (Å²) in [5.41, 5.74) is 0. The van der Waals surface area contributed by atoms with Gasteiger partial charge in [0.2, 0.25) is 0 Å². The Morgan fingerprint density at radius 1 is 1.42 bits per heavy atom. The highest BCUT2D eigenvalue weighted by Crippen LogP contribution is 2.32. The van der Waals surface area contributed by atoms with Crippen molar-refractivity contribution in [2.75, 3.05) is 6.61 Å². The van der Waals surface area contributed by atoms with Crippen LogP contribution in [0.2, 0.25) is 0 Å². The molecule has 1 atom stereocenters. The molecule has 0 heterocycles. The molecule has 1 rings (SSSR count). The predicted octanol–water partition coefficient (Wildman–Crippen LogP) is 2.13. The third-order valence-electron chi connectivity index (χ3n) is 2.64. The van der Waals surface area contributed by atoms with Crippen LogP contribution in [0.3, 0.4) is 0 Å². The van der Waals surface area contributed by atoms with Gasteiger partial charge in [0.25, 0.3) is 0 Å². The Bertz CT molecular complexity index is 126. The van der Waals surface area contributed by atoms with E-state index in [0.29, 0.717) is 6.61 Å². The third kappa shape index (κ3) is 2.46. The van der Waals surface area contributed by atoms with Crippen LogP contribution in [-0.2, 0) is 4.74 Å². The van der Waals surface area contributed by atoms with Crippen LogP contribution in [0, 0.1) is 12.8 Å². The molecule has 0 bridgehead atoms. The maximum atomic E-state index is 9.81. The van der Waals surface area contributed by atoms with Crippen molar-refractivity contribution in [3.63, 3.8) is 0 Å². The van der Waals surface area contributed by atoms with E-state index in [0.717, 1.165) is 12.8 Å². The van der Waals surface area contributed by atoms with Gasteiger partial charge < -0.3 is 9.84 Å². The highest BCUT2D eigenvalue weighted by Gasteiger charge is 2.33. The molecular formula is C10H19O2. The summed E-state index contributed by atoms with van der Waals surface area (Å²) in [7, 11) is 0. The minimum absolute atomic E-state index is 0.242. The Morgan fingerprint density at radius 3 is 2.50 bits per heavy atom. The van der Waals surface area contributed by atoms with E-state index in [1.54, 1.807) is 0 Å². The van der Waals surface area contributed by atoms with E-state index in [4.69, 9.17) is 4.74 Å². The van der Waals surface area contributed by atoms with E-state index in [2.05, 4.69) is 6.92 Å². The first kappa shape index (κ1) is 10.0. The molecule has 12 heavy (non-hydrogen) atoms. The third-order valence-corrected chi connectivity index (χ3v) is 2.64. The summed E-state index contributed by atoms with van der Waals surface area (Å²) in [5, 5.41) is 9.81. The molecule has 1 radical (unpaired) electrons. The molecule has 0 spiro atoms. The minimum Gasteiger partial charge on any atom is -0.365 e. The average molecular weight is 171 g/mol. The lowest BCUT2D eigenvalue weighted by molar-refractivity contribution is -0.206. The lowest BCUT2D eigenvalue weighted by Crippen LogP contribution is -2.39. The molecule has 2 nitrogen and oxygen atoms in total. The molecule has 1 N–H and O–H groups in total. The van der Waals surface area contributed by atoms with Crippen LogP contribution in [0.15, 0.2) is 0 Å². The second-order valence-electron chi connectivity index (χ2n) is 3.61. The average Bonchev–Trinajstić information content (AvgIpc) is 2.06. The Kier molecular flexibility index (Phi) is 3.53. The molecule has 0 aromatic heterocycles. The smallest absolute Gasteiger partial charge is 0.168 e. The maximum Gasteiger partial charge on any atom is 0.168 e. The topological polar surface area (TPSA) is 29.5 Å². The molecule has 0 aromatic rings. The van der Waals surface area contributed by atoms with E-state index in [1.807, 2.05) is 6.92 Å². The van der Waals surface area contributed by atoms with E-state index in [9.17, 15) is 5.11 Å². The van der Waals surface area contributed by atoms with Gasteiger partial charge in [-0.2, -0.15) is 0 Å². The predicted molar refractivity (Wildman–Crippen MR) is 48.5 cm³/mol. The quantitative estimate of drug-likeness (QED) is 0.659. The zero-order chi connectivity index (χ0) is 9.03. The van der Waals surface area contributed by atoms with Crippen LogP contribution >= 0.6 is 0 Å². The van der Waals surface area contributed by atoms with Crippen LogP contribution in [0.25, 0.3) is 0 Å². The number of ether oxygens (including phenoxy) is 1. The molecule has 0 aromatic carbocycles. The van der Waals surface area contributed by atoms with Crippen LogP contribution < -0.4 is 0 Å². The minimum atomic E-state index is -1.13. The van der Waals surface area contributed by atoms with Crippen molar-refractivity contribution in [3.05, 3.63) is 6.92 Å². The zero-order valence-corrected chi connectivity index (χ0v) is 7.88. The van der Waals surface area contributed by atoms with Crippen LogP contribution in [-0.4, -0.2) is 17.5 Å². The molecule has 0 aliphatic heterocycles. The Balaban J connectivity index is 2.41. The molecule has 0 amide bonds. The molecular weight excluding hydrogens is 152 g/mol. The molecule has 2 heteroatoms. The van der Waals surface area contributed by atoms with Crippen LogP contribution in [0.1, 0.15) is 39.0 Å². The van der Waals surface area contributed by atoms with Crippen molar-refractivity contribution >= 4 is 0 Å². The van der Waals surface area contributed by atoms with Gasteiger partial charge in [-0.1, -0.05) is 19.3 Å². The first-order valence-corrected chi connectivity index (χ1v) is 4.88. The van der Waals surface area contributed by atoms with Gasteiger partial charge in [0, 0.05) is 19.4 Å². The fourth-order valence-electron chi connectivity index (χ4n) is 1.92. The Morgan fingerprint density at radius 2 is 2.00 bits per heavy atom. The van der Waals surface area contributed by atoms with Gasteiger partial charge in [0.1, 0.15) is 0 Å². The Labute approximate surface area is 74.9 Å². The first-order chi connectivity index (χ1) is 5.67. The summed E-state index contributed by atoms with van der Waals surface area (Å²) in [6, 6.07) is 0. The second-order valence-corrected chi connectivity index (χ2v) is 3.61. The molecule has 1 aliphatic carbocycles. The highest BCUT2D eigenvalue weighted by atomic mass is 16.6. The SMILES string of the molecule is [CH2]C(O)(OCC)C1CCCCC1. The van der Waals surface area contributed by atoms with Crippen molar-refractivity contribution in [2.45, 2.75) is 44.8 Å². The van der Waals surface area contributed by atoms with Crippen LogP contribution in [0.5, 0.6) is 0 Å². The standard InChI is InChI=1S/C10H19O2/c1-3-12-10(2,11)9-7-5-4-6-8-9/h9,11H,2-8H2,1H3. The molecule has 1 aliphatic rings. The van der Waals surface area contributed by atoms with Crippen molar-refractivity contribution in [1.29, 1.82) is 0 Å². The van der Waals surface area contributed by atoms with Gasteiger partial charge in [-0.15, -0.1) is 0 Å². The molecule has 0 saturated heterocycles. The van der Waals surface area contributed by atoms with Gasteiger partial charge in [-0.3, -0.25) is 0 Å². The van der Waals surface area contributed by atoms with E-state index in [1.165, 1.54) is 19.3 Å². The molecule has 1 unspecified atom stereocenters. The lowest BCUT2D eigenvalue weighted by Gasteiger charge is -2.34. The van der Waals surface area contributed by atoms with Gasteiger partial charge >= 0.3 is 0 Å². The summed E-state index contributed by atoms with van der Waals surface area (Å²) in [6.07, 6.45) is 5.81. The van der Waals surface area contributed by atoms with Crippen LogP contribution in [0.4, 0.5) is 0 Å². The maximum absolute atomic E-state index is 9.81. The van der Waals surface area contributed by atoms with Crippen molar-refractivity contribution < 1.29 is 9.84 Å². The Hall–Kier alpha value is -0.0800. The normalized spacial score (nSPS) is 25.2. The van der Waals surface area contributed by atoms with Crippen molar-refractivity contribution in [3.8, 4) is 0 Å². The zero-order valence-electron chi connectivity index (χ0n) is 7.88. The number of rotatable bonds is 3. The molecule has 1 saturated carbocycles. The first-order valence-electron chi connectivity index (χ1n) is 4.88. The molecule has 71 valence electrons. The fourth-order valence-corrected chi connectivity index (χ4v) is 1.92. The van der Waals surface area contributed by atoms with Crippen molar-refractivity contribution in [2.24, 2.45) is 5.92 Å².